The van der Waals surface area contributed by atoms with Crippen molar-refractivity contribution in [1.29, 1.82) is 0 Å². The lowest BCUT2D eigenvalue weighted by atomic mass is 10.1. The first kappa shape index (κ1) is 16.8. The molecule has 0 aliphatic rings. The Morgan fingerprint density at radius 3 is 2.74 bits per heavy atom. The van der Waals surface area contributed by atoms with E-state index in [1.165, 1.54) is 18.2 Å². The number of amides is 1. The molecule has 0 bridgehead atoms. The summed E-state index contributed by atoms with van der Waals surface area (Å²) in [5, 5.41) is 2.77. The van der Waals surface area contributed by atoms with Crippen molar-refractivity contribution in [1.82, 2.24) is 5.32 Å². The SMILES string of the molecule is CCc1cc(CNC(=O)COc2cccc(F)c2)ccc1OC. The number of aryl methyl sites for hydroxylation is 1. The summed E-state index contributed by atoms with van der Waals surface area (Å²) >= 11 is 0. The first-order chi connectivity index (χ1) is 11.1. The van der Waals surface area contributed by atoms with Gasteiger partial charge in [0.2, 0.25) is 0 Å². The van der Waals surface area contributed by atoms with Crippen LogP contribution in [0.15, 0.2) is 42.5 Å². The second kappa shape index (κ2) is 8.17. The predicted molar refractivity (Wildman–Crippen MR) is 86.1 cm³/mol. The largest absolute Gasteiger partial charge is 0.496 e. The molecule has 2 rings (SSSR count). The summed E-state index contributed by atoms with van der Waals surface area (Å²) in [5.41, 5.74) is 2.08. The van der Waals surface area contributed by atoms with Gasteiger partial charge in [-0.15, -0.1) is 0 Å². The number of hydrogen-bond acceptors (Lipinski definition) is 3. The van der Waals surface area contributed by atoms with E-state index >= 15 is 0 Å². The van der Waals surface area contributed by atoms with E-state index in [2.05, 4.69) is 5.32 Å². The minimum atomic E-state index is -0.395. The molecule has 1 N–H and O–H groups in total. The molecule has 0 aromatic heterocycles. The van der Waals surface area contributed by atoms with Crippen LogP contribution < -0.4 is 14.8 Å². The number of carbonyl (C=O) groups excluding carboxylic acids is 1. The van der Waals surface area contributed by atoms with E-state index < -0.39 is 5.82 Å². The minimum absolute atomic E-state index is 0.153. The molecule has 0 heterocycles. The zero-order chi connectivity index (χ0) is 16.7. The second-order valence-electron chi connectivity index (χ2n) is 5.02. The number of ether oxygens (including phenoxy) is 2. The van der Waals surface area contributed by atoms with Gasteiger partial charge in [0.1, 0.15) is 17.3 Å². The molecule has 23 heavy (non-hydrogen) atoms. The summed E-state index contributed by atoms with van der Waals surface area (Å²) in [6.07, 6.45) is 0.855. The lowest BCUT2D eigenvalue weighted by molar-refractivity contribution is -0.123. The van der Waals surface area contributed by atoms with Crippen LogP contribution in [0.2, 0.25) is 0 Å². The number of benzene rings is 2. The van der Waals surface area contributed by atoms with Crippen LogP contribution in [0.5, 0.6) is 11.5 Å². The molecule has 0 fully saturated rings. The van der Waals surface area contributed by atoms with E-state index in [0.717, 1.165) is 23.3 Å². The fourth-order valence-electron chi connectivity index (χ4n) is 2.18. The maximum absolute atomic E-state index is 13.0. The number of halogens is 1. The van der Waals surface area contributed by atoms with Crippen LogP contribution in [-0.4, -0.2) is 19.6 Å². The van der Waals surface area contributed by atoms with Crippen LogP contribution in [0.25, 0.3) is 0 Å². The molecule has 122 valence electrons. The predicted octanol–water partition coefficient (Wildman–Crippen LogP) is 3.09. The minimum Gasteiger partial charge on any atom is -0.496 e. The number of rotatable bonds is 7. The first-order valence-corrected chi connectivity index (χ1v) is 7.43. The molecule has 0 radical (unpaired) electrons. The fourth-order valence-corrected chi connectivity index (χ4v) is 2.18. The molecule has 0 atom stereocenters. The van der Waals surface area contributed by atoms with Crippen molar-refractivity contribution >= 4 is 5.91 Å². The molecule has 5 heteroatoms. The summed E-state index contributed by atoms with van der Waals surface area (Å²) in [5.74, 6) is 0.520. The molecule has 0 aliphatic carbocycles. The summed E-state index contributed by atoms with van der Waals surface area (Å²) < 4.78 is 23.5. The molecule has 2 aromatic carbocycles. The highest BCUT2D eigenvalue weighted by atomic mass is 19.1. The van der Waals surface area contributed by atoms with Crippen LogP contribution in [0, 0.1) is 5.82 Å². The van der Waals surface area contributed by atoms with Crippen molar-refractivity contribution < 1.29 is 18.7 Å². The summed E-state index contributed by atoms with van der Waals surface area (Å²) in [6.45, 7) is 2.30. The Kier molecular flexibility index (Phi) is 5.97. The van der Waals surface area contributed by atoms with Crippen molar-refractivity contribution in [3.05, 3.63) is 59.4 Å². The van der Waals surface area contributed by atoms with Crippen molar-refractivity contribution in [2.24, 2.45) is 0 Å². The summed E-state index contributed by atoms with van der Waals surface area (Å²) in [6, 6.07) is 11.5. The Morgan fingerprint density at radius 2 is 2.04 bits per heavy atom. The van der Waals surface area contributed by atoms with Gasteiger partial charge < -0.3 is 14.8 Å². The molecular formula is C18H20FNO3. The van der Waals surface area contributed by atoms with Gasteiger partial charge in [-0.05, 0) is 35.7 Å². The molecule has 0 aliphatic heterocycles. The Hall–Kier alpha value is -2.56. The van der Waals surface area contributed by atoms with Gasteiger partial charge in [-0.3, -0.25) is 4.79 Å². The fraction of sp³-hybridized carbons (Fsp3) is 0.278. The van der Waals surface area contributed by atoms with Gasteiger partial charge >= 0.3 is 0 Å². The summed E-state index contributed by atoms with van der Waals surface area (Å²) in [7, 11) is 1.64. The Morgan fingerprint density at radius 1 is 1.22 bits per heavy atom. The van der Waals surface area contributed by atoms with E-state index in [1.54, 1.807) is 13.2 Å². The van der Waals surface area contributed by atoms with E-state index in [0.29, 0.717) is 12.3 Å². The highest BCUT2D eigenvalue weighted by molar-refractivity contribution is 5.77. The zero-order valence-corrected chi connectivity index (χ0v) is 13.3. The third kappa shape index (κ3) is 4.98. The standard InChI is InChI=1S/C18H20FNO3/c1-3-14-9-13(7-8-17(14)22-2)11-20-18(21)12-23-16-6-4-5-15(19)10-16/h4-10H,3,11-12H2,1-2H3,(H,20,21). The first-order valence-electron chi connectivity index (χ1n) is 7.43. The van der Waals surface area contributed by atoms with E-state index in [-0.39, 0.29) is 12.5 Å². The number of nitrogens with one attached hydrogen (secondary N) is 1. The van der Waals surface area contributed by atoms with E-state index in [4.69, 9.17) is 9.47 Å². The van der Waals surface area contributed by atoms with Gasteiger partial charge in [0.15, 0.2) is 6.61 Å². The average Bonchev–Trinajstić information content (AvgIpc) is 2.57. The maximum Gasteiger partial charge on any atom is 0.258 e. The van der Waals surface area contributed by atoms with Gasteiger partial charge in [-0.1, -0.05) is 25.1 Å². The van der Waals surface area contributed by atoms with Gasteiger partial charge in [0, 0.05) is 12.6 Å². The second-order valence-corrected chi connectivity index (χ2v) is 5.02. The highest BCUT2D eigenvalue weighted by Crippen LogP contribution is 2.20. The van der Waals surface area contributed by atoms with Crippen LogP contribution in [0.4, 0.5) is 4.39 Å². The lowest BCUT2D eigenvalue weighted by Gasteiger charge is -2.11. The van der Waals surface area contributed by atoms with Gasteiger partial charge in [-0.2, -0.15) is 0 Å². The molecule has 0 saturated carbocycles. The van der Waals surface area contributed by atoms with Gasteiger partial charge in [0.05, 0.1) is 7.11 Å². The van der Waals surface area contributed by atoms with Crippen molar-refractivity contribution in [3.8, 4) is 11.5 Å². The Labute approximate surface area is 135 Å². The van der Waals surface area contributed by atoms with Gasteiger partial charge in [0.25, 0.3) is 5.91 Å². The molecule has 4 nitrogen and oxygen atoms in total. The molecule has 2 aromatic rings. The van der Waals surface area contributed by atoms with Crippen LogP contribution in [0.3, 0.4) is 0 Å². The van der Waals surface area contributed by atoms with Crippen LogP contribution >= 0.6 is 0 Å². The average molecular weight is 317 g/mol. The van der Waals surface area contributed by atoms with Crippen molar-refractivity contribution in [2.45, 2.75) is 19.9 Å². The van der Waals surface area contributed by atoms with Crippen molar-refractivity contribution in [2.75, 3.05) is 13.7 Å². The highest BCUT2D eigenvalue weighted by Gasteiger charge is 2.06. The molecule has 0 saturated heterocycles. The Bertz CT molecular complexity index is 673. The molecule has 0 unspecified atom stereocenters. The Balaban J connectivity index is 1.84. The third-order valence-electron chi connectivity index (χ3n) is 3.38. The van der Waals surface area contributed by atoms with Crippen LogP contribution in [-0.2, 0) is 17.8 Å². The zero-order valence-electron chi connectivity index (χ0n) is 13.3. The van der Waals surface area contributed by atoms with E-state index in [9.17, 15) is 9.18 Å². The quantitative estimate of drug-likeness (QED) is 0.853. The van der Waals surface area contributed by atoms with E-state index in [1.807, 2.05) is 25.1 Å². The molecular weight excluding hydrogens is 297 g/mol. The lowest BCUT2D eigenvalue weighted by Crippen LogP contribution is -2.28. The maximum atomic E-state index is 13.0. The monoisotopic (exact) mass is 317 g/mol. The van der Waals surface area contributed by atoms with Gasteiger partial charge in [-0.25, -0.2) is 4.39 Å². The topological polar surface area (TPSA) is 47.6 Å². The molecule has 1 amide bonds. The molecule has 0 spiro atoms. The number of carbonyl (C=O) groups is 1. The number of methoxy groups -OCH3 is 1. The third-order valence-corrected chi connectivity index (χ3v) is 3.38. The normalized spacial score (nSPS) is 10.2. The smallest absolute Gasteiger partial charge is 0.258 e. The summed E-state index contributed by atoms with van der Waals surface area (Å²) in [4.78, 5) is 11.8. The number of hydrogen-bond donors (Lipinski definition) is 1. The van der Waals surface area contributed by atoms with Crippen molar-refractivity contribution in [3.63, 3.8) is 0 Å². The van der Waals surface area contributed by atoms with Crippen LogP contribution in [0.1, 0.15) is 18.1 Å².